The van der Waals surface area contributed by atoms with Gasteiger partial charge in [-0.3, -0.25) is 0 Å². The van der Waals surface area contributed by atoms with Crippen LogP contribution in [0.4, 0.5) is 0 Å². The van der Waals surface area contributed by atoms with Gasteiger partial charge < -0.3 is 10.4 Å². The van der Waals surface area contributed by atoms with E-state index < -0.39 is 0 Å². The summed E-state index contributed by atoms with van der Waals surface area (Å²) >= 11 is 0. The van der Waals surface area contributed by atoms with Crippen molar-refractivity contribution in [3.8, 4) is 0 Å². The molecule has 1 fully saturated rings. The van der Waals surface area contributed by atoms with Gasteiger partial charge in [0.1, 0.15) is 0 Å². The Morgan fingerprint density at radius 3 is 2.73 bits per heavy atom. The van der Waals surface area contributed by atoms with Gasteiger partial charge in [-0.15, -0.1) is 0 Å². The Morgan fingerprint density at radius 1 is 1.73 bits per heavy atom. The molecule has 1 atom stereocenters. The molecule has 62 valence electrons. The molecule has 0 spiro atoms. The van der Waals surface area contributed by atoms with E-state index in [1.807, 2.05) is 13.1 Å². The first-order chi connectivity index (χ1) is 5.29. The van der Waals surface area contributed by atoms with Crippen molar-refractivity contribution < 1.29 is 0 Å². The van der Waals surface area contributed by atoms with E-state index in [1.54, 1.807) is 7.05 Å². The third-order valence-corrected chi connectivity index (χ3v) is 2.22. The van der Waals surface area contributed by atoms with Crippen LogP contribution in [-0.2, 0) is 0 Å². The summed E-state index contributed by atoms with van der Waals surface area (Å²) in [4.78, 5) is 4.00. The molecule has 11 heavy (non-hydrogen) atoms. The third kappa shape index (κ3) is 2.14. The van der Waals surface area contributed by atoms with Gasteiger partial charge in [0.25, 0.3) is 0 Å². The Bertz CT molecular complexity index is 168. The number of nitrogens with zero attached hydrogens (tertiary/aromatic N) is 1. The minimum Gasteiger partial charge on any atom is -0.309 e. The fourth-order valence-corrected chi connectivity index (χ4v) is 1.35. The van der Waals surface area contributed by atoms with Crippen molar-refractivity contribution in [3.63, 3.8) is 0 Å². The van der Waals surface area contributed by atoms with E-state index in [-0.39, 0.29) is 0 Å². The molecule has 0 heterocycles. The Labute approximate surface area is 68.2 Å². The van der Waals surface area contributed by atoms with E-state index in [9.17, 15) is 0 Å². The summed E-state index contributed by atoms with van der Waals surface area (Å²) in [7, 11) is 1.79. The van der Waals surface area contributed by atoms with E-state index in [4.69, 9.17) is 5.41 Å². The molecular weight excluding hydrogens is 136 g/mol. The summed E-state index contributed by atoms with van der Waals surface area (Å²) in [5.41, 5.74) is 0.845. The largest absolute Gasteiger partial charge is 0.309 e. The minimum absolute atomic E-state index is 0.352. The van der Waals surface area contributed by atoms with Crippen LogP contribution < -0.4 is 0 Å². The molecule has 0 amide bonds. The van der Waals surface area contributed by atoms with Crippen molar-refractivity contribution in [3.05, 3.63) is 0 Å². The first kappa shape index (κ1) is 8.44. The second-order valence-corrected chi connectivity index (χ2v) is 3.15. The zero-order valence-corrected chi connectivity index (χ0v) is 7.30. The maximum Gasteiger partial charge on any atom is 0.0343 e. The molecule has 0 aromatic heterocycles. The zero-order chi connectivity index (χ0) is 8.27. The van der Waals surface area contributed by atoms with Crippen LogP contribution in [0, 0.1) is 17.2 Å². The van der Waals surface area contributed by atoms with Crippen LogP contribution in [0.5, 0.6) is 0 Å². The van der Waals surface area contributed by atoms with Crippen LogP contribution in [0.1, 0.15) is 26.2 Å². The van der Waals surface area contributed by atoms with Gasteiger partial charge in [-0.05, 0) is 25.2 Å². The molecule has 2 nitrogen and oxygen atoms in total. The van der Waals surface area contributed by atoms with E-state index in [0.717, 1.165) is 18.1 Å². The number of hydrogen-bond donors (Lipinski definition) is 1. The van der Waals surface area contributed by atoms with Crippen molar-refractivity contribution in [2.75, 3.05) is 7.05 Å². The molecule has 1 rings (SSSR count). The monoisotopic (exact) mass is 152 g/mol. The zero-order valence-electron chi connectivity index (χ0n) is 7.30. The molecule has 1 aliphatic carbocycles. The van der Waals surface area contributed by atoms with Crippen LogP contribution in [0.3, 0.4) is 0 Å². The highest BCUT2D eigenvalue weighted by Gasteiger charge is 2.31. The van der Waals surface area contributed by atoms with Gasteiger partial charge in [0.15, 0.2) is 0 Å². The van der Waals surface area contributed by atoms with Gasteiger partial charge >= 0.3 is 0 Å². The standard InChI is InChI=1S/C9H16N2/c1-3-9(10)8(6-11-2)7-4-5-7/h6-8,10H,3-5H2,1-2H3. The van der Waals surface area contributed by atoms with Crippen LogP contribution in [-0.4, -0.2) is 19.0 Å². The third-order valence-electron chi connectivity index (χ3n) is 2.22. The maximum absolute atomic E-state index is 7.68. The van der Waals surface area contributed by atoms with Crippen molar-refractivity contribution in [1.29, 1.82) is 5.41 Å². The van der Waals surface area contributed by atoms with Gasteiger partial charge in [0.2, 0.25) is 0 Å². The quantitative estimate of drug-likeness (QED) is 0.599. The summed E-state index contributed by atoms with van der Waals surface area (Å²) in [6.07, 6.45) is 5.38. The van der Waals surface area contributed by atoms with E-state index in [1.165, 1.54) is 12.8 Å². The topological polar surface area (TPSA) is 36.2 Å². The van der Waals surface area contributed by atoms with Gasteiger partial charge in [-0.2, -0.15) is 0 Å². The summed E-state index contributed by atoms with van der Waals surface area (Å²) in [6.45, 7) is 2.04. The van der Waals surface area contributed by atoms with Gasteiger partial charge in [0, 0.05) is 24.9 Å². The lowest BCUT2D eigenvalue weighted by atomic mass is 9.97. The highest BCUT2D eigenvalue weighted by Crippen LogP contribution is 2.36. The van der Waals surface area contributed by atoms with E-state index >= 15 is 0 Å². The Hall–Kier alpha value is -0.660. The normalized spacial score (nSPS) is 20.5. The first-order valence-corrected chi connectivity index (χ1v) is 4.29. The molecule has 0 aliphatic heterocycles. The first-order valence-electron chi connectivity index (χ1n) is 4.29. The SMILES string of the molecule is CCC(=N)C(C=NC)C1CC1. The summed E-state index contributed by atoms with van der Waals surface area (Å²) in [6, 6.07) is 0. The fourth-order valence-electron chi connectivity index (χ4n) is 1.35. The summed E-state index contributed by atoms with van der Waals surface area (Å²) in [5, 5.41) is 7.68. The van der Waals surface area contributed by atoms with Crippen LogP contribution in [0.2, 0.25) is 0 Å². The number of aliphatic imine (C=N–C) groups is 1. The molecule has 1 unspecified atom stereocenters. The van der Waals surface area contributed by atoms with E-state index in [2.05, 4.69) is 4.99 Å². The highest BCUT2D eigenvalue weighted by atomic mass is 14.7. The highest BCUT2D eigenvalue weighted by molar-refractivity contribution is 5.97. The number of nitrogens with one attached hydrogen (secondary N) is 1. The number of hydrogen-bond acceptors (Lipinski definition) is 2. The van der Waals surface area contributed by atoms with Crippen LogP contribution in [0.25, 0.3) is 0 Å². The Morgan fingerprint density at radius 2 is 2.36 bits per heavy atom. The lowest BCUT2D eigenvalue weighted by molar-refractivity contribution is 0.763. The average molecular weight is 152 g/mol. The van der Waals surface area contributed by atoms with Crippen molar-refractivity contribution in [1.82, 2.24) is 0 Å². The lowest BCUT2D eigenvalue weighted by Gasteiger charge is -2.09. The summed E-state index contributed by atoms with van der Waals surface area (Å²) in [5.74, 6) is 1.09. The molecule has 1 saturated carbocycles. The molecule has 0 saturated heterocycles. The van der Waals surface area contributed by atoms with Crippen LogP contribution in [0.15, 0.2) is 4.99 Å². The van der Waals surface area contributed by atoms with Crippen molar-refractivity contribution >= 4 is 11.9 Å². The average Bonchev–Trinajstić information content (AvgIpc) is 2.81. The Kier molecular flexibility index (Phi) is 2.80. The molecule has 0 bridgehead atoms. The van der Waals surface area contributed by atoms with Gasteiger partial charge in [-0.1, -0.05) is 6.92 Å². The fraction of sp³-hybridized carbons (Fsp3) is 0.778. The van der Waals surface area contributed by atoms with Crippen molar-refractivity contribution in [2.24, 2.45) is 16.8 Å². The van der Waals surface area contributed by atoms with Crippen LogP contribution >= 0.6 is 0 Å². The lowest BCUT2D eigenvalue weighted by Crippen LogP contribution is -2.16. The van der Waals surface area contributed by atoms with E-state index in [0.29, 0.717) is 5.92 Å². The second-order valence-electron chi connectivity index (χ2n) is 3.15. The van der Waals surface area contributed by atoms with Gasteiger partial charge in [-0.25, -0.2) is 0 Å². The van der Waals surface area contributed by atoms with Crippen molar-refractivity contribution in [2.45, 2.75) is 26.2 Å². The second kappa shape index (κ2) is 3.65. The molecular formula is C9H16N2. The summed E-state index contributed by atoms with van der Waals surface area (Å²) < 4.78 is 0. The molecule has 0 aromatic carbocycles. The Balaban J connectivity index is 2.50. The predicted octanol–water partition coefficient (Wildman–Crippen LogP) is 2.14. The molecule has 1 aliphatic rings. The number of rotatable bonds is 4. The molecule has 0 radical (unpaired) electrons. The predicted molar refractivity (Wildman–Crippen MR) is 48.6 cm³/mol. The molecule has 1 N–H and O–H groups in total. The molecule has 2 heteroatoms. The molecule has 0 aromatic rings. The minimum atomic E-state index is 0.352. The van der Waals surface area contributed by atoms with Gasteiger partial charge in [0.05, 0.1) is 0 Å². The smallest absolute Gasteiger partial charge is 0.0343 e. The maximum atomic E-state index is 7.68.